The molecule has 2 aromatic rings. The average molecular weight is 283 g/mol. The normalized spacial score (nSPS) is 18.8. The van der Waals surface area contributed by atoms with Crippen molar-refractivity contribution in [2.45, 2.75) is 25.6 Å². The summed E-state index contributed by atoms with van der Waals surface area (Å²) >= 11 is 0. The van der Waals surface area contributed by atoms with Crippen LogP contribution in [0.3, 0.4) is 0 Å². The standard InChI is InChI=1S/C17H21N3O/c18-10-15-6-7-17(19-11-15)21-16-8-9-20(13-16)12-14-4-2-1-3-5-14/h1-7,11,16H,8-10,12-13,18H2. The molecule has 21 heavy (non-hydrogen) atoms. The van der Waals surface area contributed by atoms with E-state index in [4.69, 9.17) is 10.5 Å². The predicted molar refractivity (Wildman–Crippen MR) is 82.9 cm³/mol. The molecule has 3 rings (SSSR count). The molecule has 0 aliphatic carbocycles. The van der Waals surface area contributed by atoms with Crippen LogP contribution in [-0.4, -0.2) is 29.1 Å². The molecule has 2 N–H and O–H groups in total. The highest BCUT2D eigenvalue weighted by atomic mass is 16.5. The van der Waals surface area contributed by atoms with Crippen LogP contribution < -0.4 is 10.5 Å². The fourth-order valence-electron chi connectivity index (χ4n) is 2.65. The highest BCUT2D eigenvalue weighted by Gasteiger charge is 2.24. The Hall–Kier alpha value is -1.91. The number of likely N-dealkylation sites (tertiary alicyclic amines) is 1. The molecule has 0 saturated carbocycles. The number of pyridine rings is 1. The summed E-state index contributed by atoms with van der Waals surface area (Å²) in [5.74, 6) is 0.693. The summed E-state index contributed by atoms with van der Waals surface area (Å²) in [6, 6.07) is 14.4. The van der Waals surface area contributed by atoms with Crippen LogP contribution in [0, 0.1) is 0 Å². The van der Waals surface area contributed by atoms with Crippen molar-refractivity contribution in [2.24, 2.45) is 5.73 Å². The van der Waals surface area contributed by atoms with Gasteiger partial charge in [-0.25, -0.2) is 4.98 Å². The minimum atomic E-state index is 0.227. The Kier molecular flexibility index (Phi) is 4.48. The van der Waals surface area contributed by atoms with E-state index >= 15 is 0 Å². The highest BCUT2D eigenvalue weighted by molar-refractivity contribution is 5.18. The third kappa shape index (κ3) is 3.80. The average Bonchev–Trinajstić information content (AvgIpc) is 2.96. The van der Waals surface area contributed by atoms with Gasteiger partial charge in [-0.2, -0.15) is 0 Å². The molecular formula is C17H21N3O. The number of aromatic nitrogens is 1. The zero-order valence-electron chi connectivity index (χ0n) is 12.1. The molecule has 4 nitrogen and oxygen atoms in total. The molecule has 0 radical (unpaired) electrons. The molecule has 110 valence electrons. The molecule has 1 unspecified atom stereocenters. The van der Waals surface area contributed by atoms with E-state index in [1.54, 1.807) is 6.20 Å². The first-order valence-corrected chi connectivity index (χ1v) is 7.41. The van der Waals surface area contributed by atoms with Crippen molar-refractivity contribution >= 4 is 0 Å². The predicted octanol–water partition coefficient (Wildman–Crippen LogP) is 2.19. The van der Waals surface area contributed by atoms with E-state index in [9.17, 15) is 0 Å². The minimum absolute atomic E-state index is 0.227. The fourth-order valence-corrected chi connectivity index (χ4v) is 2.65. The second-order valence-corrected chi connectivity index (χ2v) is 5.46. The number of benzene rings is 1. The number of ether oxygens (including phenoxy) is 1. The van der Waals surface area contributed by atoms with Gasteiger partial charge in [-0.3, -0.25) is 4.90 Å². The molecule has 1 atom stereocenters. The Labute approximate surface area is 125 Å². The zero-order chi connectivity index (χ0) is 14.5. The fraction of sp³-hybridized carbons (Fsp3) is 0.353. The van der Waals surface area contributed by atoms with Crippen LogP contribution in [0.1, 0.15) is 17.5 Å². The Bertz CT molecular complexity index is 556. The van der Waals surface area contributed by atoms with Crippen molar-refractivity contribution in [3.63, 3.8) is 0 Å². The third-order valence-electron chi connectivity index (χ3n) is 3.80. The van der Waals surface area contributed by atoms with Gasteiger partial charge in [0.15, 0.2) is 0 Å². The molecule has 1 fully saturated rings. The zero-order valence-corrected chi connectivity index (χ0v) is 12.1. The summed E-state index contributed by atoms with van der Waals surface area (Å²) in [4.78, 5) is 6.73. The van der Waals surface area contributed by atoms with E-state index in [0.717, 1.165) is 31.6 Å². The van der Waals surface area contributed by atoms with Crippen LogP contribution in [0.2, 0.25) is 0 Å². The number of hydrogen-bond donors (Lipinski definition) is 1. The van der Waals surface area contributed by atoms with Crippen LogP contribution >= 0.6 is 0 Å². The van der Waals surface area contributed by atoms with Crippen molar-refractivity contribution in [1.29, 1.82) is 0 Å². The molecule has 2 heterocycles. The highest BCUT2D eigenvalue weighted by Crippen LogP contribution is 2.18. The smallest absolute Gasteiger partial charge is 0.213 e. The van der Waals surface area contributed by atoms with E-state index in [1.807, 2.05) is 12.1 Å². The van der Waals surface area contributed by atoms with E-state index in [1.165, 1.54) is 5.56 Å². The molecule has 1 aromatic heterocycles. The van der Waals surface area contributed by atoms with Crippen molar-refractivity contribution in [2.75, 3.05) is 13.1 Å². The van der Waals surface area contributed by atoms with Crippen LogP contribution in [0.5, 0.6) is 5.88 Å². The Morgan fingerprint density at radius 3 is 2.71 bits per heavy atom. The second kappa shape index (κ2) is 6.70. The first kappa shape index (κ1) is 14.0. The van der Waals surface area contributed by atoms with Gasteiger partial charge in [-0.15, -0.1) is 0 Å². The van der Waals surface area contributed by atoms with Gasteiger partial charge in [0, 0.05) is 38.4 Å². The van der Waals surface area contributed by atoms with E-state index in [-0.39, 0.29) is 6.10 Å². The Morgan fingerprint density at radius 1 is 1.14 bits per heavy atom. The Balaban J connectivity index is 1.52. The van der Waals surface area contributed by atoms with Crippen LogP contribution in [0.4, 0.5) is 0 Å². The van der Waals surface area contributed by atoms with Crippen molar-refractivity contribution in [3.05, 3.63) is 59.8 Å². The van der Waals surface area contributed by atoms with E-state index in [2.05, 4.69) is 40.2 Å². The van der Waals surface area contributed by atoms with Gasteiger partial charge in [-0.1, -0.05) is 36.4 Å². The number of nitrogens with two attached hydrogens (primary N) is 1. The van der Waals surface area contributed by atoms with Gasteiger partial charge < -0.3 is 10.5 Å². The minimum Gasteiger partial charge on any atom is -0.473 e. The van der Waals surface area contributed by atoms with E-state index in [0.29, 0.717) is 12.4 Å². The summed E-state index contributed by atoms with van der Waals surface area (Å²) in [6.45, 7) is 3.53. The monoisotopic (exact) mass is 283 g/mol. The molecular weight excluding hydrogens is 262 g/mol. The summed E-state index contributed by atoms with van der Waals surface area (Å²) in [6.07, 6.45) is 3.06. The number of rotatable bonds is 5. The Morgan fingerprint density at radius 2 is 2.00 bits per heavy atom. The SMILES string of the molecule is NCc1ccc(OC2CCN(Cc3ccccc3)C2)nc1. The maximum Gasteiger partial charge on any atom is 0.213 e. The molecule has 0 amide bonds. The van der Waals surface area contributed by atoms with Gasteiger partial charge in [-0.05, 0) is 17.5 Å². The molecule has 1 aliphatic rings. The second-order valence-electron chi connectivity index (χ2n) is 5.46. The van der Waals surface area contributed by atoms with Gasteiger partial charge in [0.05, 0.1) is 0 Å². The molecule has 1 saturated heterocycles. The van der Waals surface area contributed by atoms with Gasteiger partial charge in [0.2, 0.25) is 5.88 Å². The van der Waals surface area contributed by atoms with Crippen molar-refractivity contribution in [3.8, 4) is 5.88 Å². The van der Waals surface area contributed by atoms with Gasteiger partial charge in [0.1, 0.15) is 6.10 Å². The van der Waals surface area contributed by atoms with Crippen LogP contribution in [0.15, 0.2) is 48.7 Å². The lowest BCUT2D eigenvalue weighted by Gasteiger charge is -2.16. The maximum atomic E-state index is 5.95. The summed E-state index contributed by atoms with van der Waals surface area (Å²) < 4.78 is 5.95. The van der Waals surface area contributed by atoms with Gasteiger partial charge in [0.25, 0.3) is 0 Å². The first-order valence-electron chi connectivity index (χ1n) is 7.41. The van der Waals surface area contributed by atoms with Crippen molar-refractivity contribution in [1.82, 2.24) is 9.88 Å². The molecule has 1 aromatic carbocycles. The first-order chi connectivity index (χ1) is 10.3. The topological polar surface area (TPSA) is 51.4 Å². The lowest BCUT2D eigenvalue weighted by Crippen LogP contribution is -2.24. The quantitative estimate of drug-likeness (QED) is 0.914. The lowest BCUT2D eigenvalue weighted by atomic mass is 10.2. The summed E-state index contributed by atoms with van der Waals surface area (Å²) in [5, 5.41) is 0. The van der Waals surface area contributed by atoms with Crippen LogP contribution in [-0.2, 0) is 13.1 Å². The summed E-state index contributed by atoms with van der Waals surface area (Å²) in [5.41, 5.74) is 7.95. The molecule has 0 bridgehead atoms. The van der Waals surface area contributed by atoms with Crippen LogP contribution in [0.25, 0.3) is 0 Å². The molecule has 4 heteroatoms. The summed E-state index contributed by atoms with van der Waals surface area (Å²) in [7, 11) is 0. The van der Waals surface area contributed by atoms with E-state index < -0.39 is 0 Å². The lowest BCUT2D eigenvalue weighted by molar-refractivity contribution is 0.191. The van der Waals surface area contributed by atoms with Gasteiger partial charge >= 0.3 is 0 Å². The third-order valence-corrected chi connectivity index (χ3v) is 3.80. The molecule has 1 aliphatic heterocycles. The molecule has 0 spiro atoms. The number of nitrogens with zero attached hydrogens (tertiary/aromatic N) is 2. The maximum absolute atomic E-state index is 5.95. The van der Waals surface area contributed by atoms with Crippen molar-refractivity contribution < 1.29 is 4.74 Å². The largest absolute Gasteiger partial charge is 0.473 e. The number of hydrogen-bond acceptors (Lipinski definition) is 4.